The topological polar surface area (TPSA) is 69.7 Å². The molecule has 0 aromatic rings. The lowest BCUT2D eigenvalue weighted by molar-refractivity contribution is -0.188. The first-order valence-corrected chi connectivity index (χ1v) is 7.86. The Labute approximate surface area is 124 Å². The van der Waals surface area contributed by atoms with E-state index in [0.29, 0.717) is 25.9 Å². The van der Waals surface area contributed by atoms with E-state index >= 15 is 0 Å². The third-order valence-electron chi connectivity index (χ3n) is 5.06. The molecule has 3 fully saturated rings. The molecule has 5 nitrogen and oxygen atoms in total. The zero-order chi connectivity index (χ0) is 15.1. The smallest absolute Gasteiger partial charge is 0.313 e. The molecule has 2 aliphatic carbocycles. The van der Waals surface area contributed by atoms with Gasteiger partial charge in [-0.05, 0) is 18.8 Å². The van der Waals surface area contributed by atoms with Gasteiger partial charge in [0.1, 0.15) is 11.9 Å². The summed E-state index contributed by atoms with van der Waals surface area (Å²) in [6.45, 7) is 4.30. The Kier molecular flexibility index (Phi) is 3.76. The molecule has 0 radical (unpaired) electrons. The third kappa shape index (κ3) is 2.58. The van der Waals surface area contributed by atoms with E-state index in [4.69, 9.17) is 9.47 Å². The molecule has 21 heavy (non-hydrogen) atoms. The number of Topliss-reactive ketones (excluding diaryl/α,β-unsaturated/α-hetero) is 1. The van der Waals surface area contributed by atoms with E-state index in [0.717, 1.165) is 6.42 Å². The number of hydrogen-bond acceptors (Lipinski definition) is 5. The number of ether oxygens (including phenoxy) is 2. The van der Waals surface area contributed by atoms with Crippen molar-refractivity contribution in [2.24, 2.45) is 29.6 Å². The summed E-state index contributed by atoms with van der Waals surface area (Å²) >= 11 is 0. The summed E-state index contributed by atoms with van der Waals surface area (Å²) in [6.07, 6.45) is 2.18. The average molecular weight is 294 g/mol. The number of hydrogen-bond donors (Lipinski definition) is 0. The van der Waals surface area contributed by atoms with Gasteiger partial charge in [0.25, 0.3) is 0 Å². The number of rotatable bonds is 4. The van der Waals surface area contributed by atoms with Crippen molar-refractivity contribution in [3.8, 4) is 0 Å². The van der Waals surface area contributed by atoms with Crippen molar-refractivity contribution < 1.29 is 23.9 Å². The first kappa shape index (κ1) is 14.5. The molecule has 0 unspecified atom stereocenters. The Bertz CT molecular complexity index is 469. The van der Waals surface area contributed by atoms with Crippen molar-refractivity contribution >= 4 is 17.7 Å². The quantitative estimate of drug-likeness (QED) is 0.739. The Morgan fingerprint density at radius 1 is 1.33 bits per heavy atom. The second kappa shape index (κ2) is 5.43. The Morgan fingerprint density at radius 2 is 2.10 bits per heavy atom. The predicted octanol–water partition coefficient (Wildman–Crippen LogP) is 1.73. The fraction of sp³-hybridized carbons (Fsp3) is 0.812. The van der Waals surface area contributed by atoms with Crippen LogP contribution < -0.4 is 0 Å². The van der Waals surface area contributed by atoms with Crippen LogP contribution in [0.2, 0.25) is 0 Å². The molecule has 0 N–H and O–H groups in total. The lowest BCUT2D eigenvalue weighted by atomic mass is 9.72. The van der Waals surface area contributed by atoms with Gasteiger partial charge in [-0.1, -0.05) is 13.8 Å². The zero-order valence-electron chi connectivity index (χ0n) is 12.5. The Hall–Kier alpha value is -1.39. The minimum absolute atomic E-state index is 0.0563. The van der Waals surface area contributed by atoms with Gasteiger partial charge in [-0.15, -0.1) is 0 Å². The van der Waals surface area contributed by atoms with E-state index in [1.165, 1.54) is 0 Å². The lowest BCUT2D eigenvalue weighted by Crippen LogP contribution is -2.48. The van der Waals surface area contributed by atoms with E-state index in [1.54, 1.807) is 0 Å². The molecule has 0 aromatic heterocycles. The molecule has 0 spiro atoms. The van der Waals surface area contributed by atoms with Crippen LogP contribution in [0.5, 0.6) is 0 Å². The van der Waals surface area contributed by atoms with Crippen molar-refractivity contribution in [2.75, 3.05) is 6.61 Å². The van der Waals surface area contributed by atoms with Crippen LogP contribution in [0.1, 0.15) is 39.5 Å². The first-order chi connectivity index (χ1) is 9.97. The van der Waals surface area contributed by atoms with Crippen LogP contribution in [0.3, 0.4) is 0 Å². The zero-order valence-corrected chi connectivity index (χ0v) is 12.5. The second-order valence-electron chi connectivity index (χ2n) is 6.97. The molecule has 1 saturated heterocycles. The maximum atomic E-state index is 12.1. The molecular weight excluding hydrogens is 272 g/mol. The second-order valence-corrected chi connectivity index (χ2v) is 6.97. The number of ketones is 1. The minimum Gasteiger partial charge on any atom is -0.465 e. The van der Waals surface area contributed by atoms with Crippen molar-refractivity contribution in [1.82, 2.24) is 0 Å². The van der Waals surface area contributed by atoms with Crippen LogP contribution >= 0.6 is 0 Å². The van der Waals surface area contributed by atoms with Gasteiger partial charge in [0.2, 0.25) is 0 Å². The standard InChI is InChI=1S/C16H22O5/c1-8(2)5-13(18)20-7-9-3-4-12(17)10-6-11-15(14(9)10)21-16(11)19/h8-11,14-15H,3-7H2,1-2H3/t9-,10-,11+,14-,15+/m1/s1. The highest BCUT2D eigenvalue weighted by atomic mass is 16.6. The highest BCUT2D eigenvalue weighted by Crippen LogP contribution is 2.52. The SMILES string of the molecule is CC(C)CC(=O)OC[C@H]1CCC(=O)[C@H]2C[C@@H]3C(=O)O[C@@H]3[C@H]12. The molecule has 3 rings (SSSR count). The Balaban J connectivity index is 1.62. The molecule has 116 valence electrons. The fourth-order valence-corrected chi connectivity index (χ4v) is 4.04. The molecule has 0 bridgehead atoms. The monoisotopic (exact) mass is 294 g/mol. The van der Waals surface area contributed by atoms with E-state index in [9.17, 15) is 14.4 Å². The van der Waals surface area contributed by atoms with E-state index in [2.05, 4.69) is 0 Å². The fourth-order valence-electron chi connectivity index (χ4n) is 4.04. The lowest BCUT2D eigenvalue weighted by Gasteiger charge is -2.39. The summed E-state index contributed by atoms with van der Waals surface area (Å²) in [5.41, 5.74) is 0. The van der Waals surface area contributed by atoms with E-state index in [-0.39, 0.29) is 53.4 Å². The minimum atomic E-state index is -0.182. The van der Waals surface area contributed by atoms with Gasteiger partial charge in [-0.3, -0.25) is 14.4 Å². The predicted molar refractivity (Wildman–Crippen MR) is 73.1 cm³/mol. The summed E-state index contributed by atoms with van der Waals surface area (Å²) in [5, 5.41) is 0. The molecule has 1 aliphatic heterocycles. The van der Waals surface area contributed by atoms with Crippen molar-refractivity contribution in [3.63, 3.8) is 0 Å². The van der Waals surface area contributed by atoms with Gasteiger partial charge in [0.05, 0.1) is 12.5 Å². The summed E-state index contributed by atoms with van der Waals surface area (Å²) in [4.78, 5) is 35.2. The number of carbonyl (C=O) groups is 3. The number of esters is 2. The van der Waals surface area contributed by atoms with Gasteiger partial charge in [-0.2, -0.15) is 0 Å². The van der Waals surface area contributed by atoms with Gasteiger partial charge >= 0.3 is 11.9 Å². The van der Waals surface area contributed by atoms with Crippen molar-refractivity contribution in [3.05, 3.63) is 0 Å². The normalized spacial score (nSPS) is 37.6. The van der Waals surface area contributed by atoms with Crippen molar-refractivity contribution in [2.45, 2.75) is 45.6 Å². The first-order valence-electron chi connectivity index (χ1n) is 7.86. The average Bonchev–Trinajstić information content (AvgIpc) is 2.72. The molecule has 3 aliphatic rings. The highest BCUT2D eigenvalue weighted by molar-refractivity contribution is 5.87. The van der Waals surface area contributed by atoms with Gasteiger partial charge in [-0.25, -0.2) is 0 Å². The van der Waals surface area contributed by atoms with Crippen LogP contribution in [0.15, 0.2) is 0 Å². The summed E-state index contributed by atoms with van der Waals surface area (Å²) in [7, 11) is 0. The summed E-state index contributed by atoms with van der Waals surface area (Å²) in [5.74, 6) is 0.200. The highest BCUT2D eigenvalue weighted by Gasteiger charge is 2.61. The summed E-state index contributed by atoms with van der Waals surface area (Å²) < 4.78 is 10.6. The largest absolute Gasteiger partial charge is 0.465 e. The van der Waals surface area contributed by atoms with Crippen molar-refractivity contribution in [1.29, 1.82) is 0 Å². The van der Waals surface area contributed by atoms with Crippen LogP contribution in [0.4, 0.5) is 0 Å². The van der Waals surface area contributed by atoms with Crippen LogP contribution in [0.25, 0.3) is 0 Å². The maximum absolute atomic E-state index is 12.1. The molecule has 5 atom stereocenters. The van der Waals surface area contributed by atoms with E-state index in [1.807, 2.05) is 13.8 Å². The molecule has 5 heteroatoms. The molecule has 1 heterocycles. The van der Waals surface area contributed by atoms with Crippen LogP contribution in [-0.4, -0.2) is 30.4 Å². The van der Waals surface area contributed by atoms with Gasteiger partial charge < -0.3 is 9.47 Å². The number of fused-ring (bicyclic) bond motifs is 3. The Morgan fingerprint density at radius 3 is 2.76 bits per heavy atom. The molecular formula is C16H22O5. The van der Waals surface area contributed by atoms with Crippen LogP contribution in [0, 0.1) is 29.6 Å². The summed E-state index contributed by atoms with van der Waals surface area (Å²) in [6, 6.07) is 0. The molecule has 2 saturated carbocycles. The maximum Gasteiger partial charge on any atom is 0.313 e. The molecule has 0 aromatic carbocycles. The van der Waals surface area contributed by atoms with E-state index < -0.39 is 0 Å². The van der Waals surface area contributed by atoms with Gasteiger partial charge in [0, 0.05) is 30.6 Å². The van der Waals surface area contributed by atoms with Crippen LogP contribution in [-0.2, 0) is 23.9 Å². The third-order valence-corrected chi connectivity index (χ3v) is 5.06. The molecule has 0 amide bonds. The van der Waals surface area contributed by atoms with Gasteiger partial charge in [0.15, 0.2) is 0 Å². The number of carbonyl (C=O) groups excluding carboxylic acids is 3.